The fraction of sp³-hybridized carbons (Fsp3) is 0.118. The molecule has 2 aromatic carbocycles. The van der Waals surface area contributed by atoms with Gasteiger partial charge >= 0.3 is 0 Å². The van der Waals surface area contributed by atoms with Gasteiger partial charge in [-0.3, -0.25) is 0 Å². The van der Waals surface area contributed by atoms with E-state index in [0.29, 0.717) is 16.7 Å². The Balaban J connectivity index is 2.12. The molecule has 0 saturated heterocycles. The summed E-state index contributed by atoms with van der Waals surface area (Å²) in [5.41, 5.74) is 2.84. The SMILES string of the molecule is Cc1ccc(Oc2c(C#N)oc3ccccc23)c(CBr)c1. The molecule has 0 aliphatic heterocycles. The number of benzene rings is 2. The summed E-state index contributed by atoms with van der Waals surface area (Å²) in [6.45, 7) is 2.03. The van der Waals surface area contributed by atoms with Crippen LogP contribution in [0.5, 0.6) is 11.5 Å². The van der Waals surface area contributed by atoms with Gasteiger partial charge in [-0.1, -0.05) is 45.8 Å². The van der Waals surface area contributed by atoms with E-state index in [0.717, 1.165) is 22.3 Å². The van der Waals surface area contributed by atoms with E-state index in [-0.39, 0.29) is 5.76 Å². The zero-order valence-corrected chi connectivity index (χ0v) is 13.0. The topological polar surface area (TPSA) is 46.2 Å². The van der Waals surface area contributed by atoms with Crippen molar-refractivity contribution in [2.45, 2.75) is 12.3 Å². The molecule has 1 aromatic heterocycles. The molecule has 3 aromatic rings. The molecule has 4 heteroatoms. The molecule has 21 heavy (non-hydrogen) atoms. The van der Waals surface area contributed by atoms with Gasteiger partial charge in [0.1, 0.15) is 17.4 Å². The molecule has 0 aliphatic rings. The molecule has 0 atom stereocenters. The first-order chi connectivity index (χ1) is 10.2. The fourth-order valence-electron chi connectivity index (χ4n) is 2.22. The van der Waals surface area contributed by atoms with Crippen molar-refractivity contribution in [2.75, 3.05) is 0 Å². The molecule has 0 spiro atoms. The number of rotatable bonds is 3. The van der Waals surface area contributed by atoms with Gasteiger partial charge in [0.2, 0.25) is 5.76 Å². The minimum atomic E-state index is 0.192. The van der Waals surface area contributed by atoms with Gasteiger partial charge in [0.05, 0.1) is 5.39 Å². The second-order valence-electron chi connectivity index (χ2n) is 4.72. The van der Waals surface area contributed by atoms with E-state index < -0.39 is 0 Å². The second kappa shape index (κ2) is 5.63. The first kappa shape index (κ1) is 13.7. The van der Waals surface area contributed by atoms with Crippen LogP contribution in [0.25, 0.3) is 11.0 Å². The molecular weight excluding hydrogens is 330 g/mol. The largest absolute Gasteiger partial charge is 0.452 e. The lowest BCUT2D eigenvalue weighted by Crippen LogP contribution is -1.91. The Kier molecular flexibility index (Phi) is 3.68. The zero-order valence-electron chi connectivity index (χ0n) is 11.4. The summed E-state index contributed by atoms with van der Waals surface area (Å²) in [7, 11) is 0. The number of hydrogen-bond acceptors (Lipinski definition) is 3. The van der Waals surface area contributed by atoms with Crippen LogP contribution < -0.4 is 4.74 Å². The maximum absolute atomic E-state index is 9.24. The Morgan fingerprint density at radius 3 is 2.81 bits per heavy atom. The molecule has 0 saturated carbocycles. The van der Waals surface area contributed by atoms with Crippen molar-refractivity contribution in [3.63, 3.8) is 0 Å². The van der Waals surface area contributed by atoms with Crippen molar-refractivity contribution in [1.29, 1.82) is 5.26 Å². The van der Waals surface area contributed by atoms with Crippen LogP contribution in [0.2, 0.25) is 0 Å². The van der Waals surface area contributed by atoms with Gasteiger partial charge in [-0.2, -0.15) is 5.26 Å². The average molecular weight is 342 g/mol. The van der Waals surface area contributed by atoms with E-state index >= 15 is 0 Å². The molecule has 0 radical (unpaired) electrons. The highest BCUT2D eigenvalue weighted by molar-refractivity contribution is 9.08. The van der Waals surface area contributed by atoms with Gasteiger partial charge in [-0.15, -0.1) is 0 Å². The van der Waals surface area contributed by atoms with Crippen LogP contribution in [0, 0.1) is 18.3 Å². The summed E-state index contributed by atoms with van der Waals surface area (Å²) >= 11 is 3.46. The minimum Gasteiger partial charge on any atom is -0.452 e. The minimum absolute atomic E-state index is 0.192. The van der Waals surface area contributed by atoms with Gasteiger partial charge in [-0.25, -0.2) is 0 Å². The molecule has 3 nitrogen and oxygen atoms in total. The summed E-state index contributed by atoms with van der Waals surface area (Å²) in [4.78, 5) is 0. The number of nitriles is 1. The van der Waals surface area contributed by atoms with Gasteiger partial charge < -0.3 is 9.15 Å². The smallest absolute Gasteiger partial charge is 0.247 e. The van der Waals surface area contributed by atoms with Gasteiger partial charge in [0.25, 0.3) is 0 Å². The summed E-state index contributed by atoms with van der Waals surface area (Å²) in [5.74, 6) is 1.39. The van der Waals surface area contributed by atoms with Crippen molar-refractivity contribution in [1.82, 2.24) is 0 Å². The van der Waals surface area contributed by atoms with Crippen molar-refractivity contribution in [3.8, 4) is 17.6 Å². The van der Waals surface area contributed by atoms with Crippen LogP contribution in [0.3, 0.4) is 0 Å². The lowest BCUT2D eigenvalue weighted by Gasteiger charge is -2.09. The van der Waals surface area contributed by atoms with Gasteiger partial charge in [-0.05, 0) is 25.1 Å². The molecule has 104 valence electrons. The number of alkyl halides is 1. The number of halogens is 1. The highest BCUT2D eigenvalue weighted by Crippen LogP contribution is 2.37. The van der Waals surface area contributed by atoms with Gasteiger partial charge in [0, 0.05) is 10.9 Å². The maximum Gasteiger partial charge on any atom is 0.247 e. The van der Waals surface area contributed by atoms with Crippen LogP contribution in [0.1, 0.15) is 16.9 Å². The molecule has 0 bridgehead atoms. The summed E-state index contributed by atoms with van der Waals surface area (Å²) in [5, 5.41) is 10.7. The molecule has 0 fully saturated rings. The van der Waals surface area contributed by atoms with E-state index in [4.69, 9.17) is 9.15 Å². The number of aryl methyl sites for hydroxylation is 1. The molecule has 0 amide bonds. The van der Waals surface area contributed by atoms with Crippen LogP contribution >= 0.6 is 15.9 Å². The predicted octanol–water partition coefficient (Wildman–Crippen LogP) is 5.30. The summed E-state index contributed by atoms with van der Waals surface area (Å²) in [6, 6.07) is 15.5. The standard InChI is InChI=1S/C17H12BrNO2/c1-11-6-7-14(12(8-11)9-18)21-17-13-4-2-3-5-15(13)20-16(17)10-19/h2-8H,9H2,1H3. The molecular formula is C17H12BrNO2. The van der Waals surface area contributed by atoms with Crippen LogP contribution in [0.4, 0.5) is 0 Å². The molecule has 0 unspecified atom stereocenters. The third-order valence-electron chi connectivity index (χ3n) is 3.22. The maximum atomic E-state index is 9.24. The Bertz CT molecular complexity index is 846. The van der Waals surface area contributed by atoms with E-state index in [1.165, 1.54) is 0 Å². The highest BCUT2D eigenvalue weighted by Gasteiger charge is 2.17. The quantitative estimate of drug-likeness (QED) is 0.607. The predicted molar refractivity (Wildman–Crippen MR) is 84.8 cm³/mol. The number of furan rings is 1. The molecule has 0 N–H and O–H groups in total. The summed E-state index contributed by atoms with van der Waals surface area (Å²) in [6.07, 6.45) is 0. The van der Waals surface area contributed by atoms with Crippen molar-refractivity contribution >= 4 is 26.9 Å². The molecule has 3 rings (SSSR count). The summed E-state index contributed by atoms with van der Waals surface area (Å²) < 4.78 is 11.5. The van der Waals surface area contributed by atoms with Crippen LogP contribution in [-0.2, 0) is 5.33 Å². The van der Waals surface area contributed by atoms with Crippen molar-refractivity contribution in [2.24, 2.45) is 0 Å². The van der Waals surface area contributed by atoms with Crippen molar-refractivity contribution < 1.29 is 9.15 Å². The Morgan fingerprint density at radius 2 is 2.05 bits per heavy atom. The lowest BCUT2D eigenvalue weighted by molar-refractivity contribution is 0.463. The van der Waals surface area contributed by atoms with Crippen LogP contribution in [-0.4, -0.2) is 0 Å². The van der Waals surface area contributed by atoms with E-state index in [1.807, 2.05) is 43.3 Å². The number of ether oxygens (including phenoxy) is 1. The monoisotopic (exact) mass is 341 g/mol. The van der Waals surface area contributed by atoms with E-state index in [9.17, 15) is 5.26 Å². The number of para-hydroxylation sites is 1. The number of fused-ring (bicyclic) bond motifs is 1. The number of nitrogens with zero attached hydrogens (tertiary/aromatic N) is 1. The second-order valence-corrected chi connectivity index (χ2v) is 5.28. The molecule has 0 aliphatic carbocycles. The first-order valence-corrected chi connectivity index (χ1v) is 7.60. The molecule has 1 heterocycles. The van der Waals surface area contributed by atoms with Crippen molar-refractivity contribution in [3.05, 3.63) is 59.4 Å². The first-order valence-electron chi connectivity index (χ1n) is 6.48. The van der Waals surface area contributed by atoms with Gasteiger partial charge in [0.15, 0.2) is 5.75 Å². The van der Waals surface area contributed by atoms with E-state index in [2.05, 4.69) is 28.1 Å². The highest BCUT2D eigenvalue weighted by atomic mass is 79.9. The average Bonchev–Trinajstić information content (AvgIpc) is 2.87. The Morgan fingerprint density at radius 1 is 1.24 bits per heavy atom. The van der Waals surface area contributed by atoms with Crippen LogP contribution in [0.15, 0.2) is 46.9 Å². The third kappa shape index (κ3) is 2.53. The lowest BCUT2D eigenvalue weighted by atomic mass is 10.1. The third-order valence-corrected chi connectivity index (χ3v) is 3.83. The fourth-order valence-corrected chi connectivity index (χ4v) is 2.66. The Hall–Kier alpha value is -2.25. The normalized spacial score (nSPS) is 10.5. The number of hydrogen-bond donors (Lipinski definition) is 0. The zero-order chi connectivity index (χ0) is 14.8. The Labute approximate surface area is 130 Å². The van der Waals surface area contributed by atoms with E-state index in [1.54, 1.807) is 0 Å².